The Morgan fingerprint density at radius 2 is 1.87 bits per heavy atom. The van der Waals surface area contributed by atoms with Crippen molar-refractivity contribution in [2.75, 3.05) is 13.2 Å². The van der Waals surface area contributed by atoms with Gasteiger partial charge in [-0.2, -0.15) is 0 Å². The lowest BCUT2D eigenvalue weighted by molar-refractivity contribution is -0.221. The highest BCUT2D eigenvalue weighted by Gasteiger charge is 2.69. The Labute approximate surface area is 138 Å². The Hall–Kier alpha value is -0.670. The van der Waals surface area contributed by atoms with Crippen LogP contribution in [-0.4, -0.2) is 24.8 Å². The lowest BCUT2D eigenvalue weighted by Crippen LogP contribution is -2.54. The molecule has 1 aliphatic heterocycles. The predicted molar refractivity (Wildman–Crippen MR) is 86.8 cm³/mol. The molecule has 4 aliphatic carbocycles. The molecule has 126 valence electrons. The lowest BCUT2D eigenvalue weighted by Gasteiger charge is -2.58. The summed E-state index contributed by atoms with van der Waals surface area (Å²) in [5.74, 6) is 1.19. The molecule has 5 aliphatic rings. The number of allylic oxidation sites excluding steroid dienone is 2. The first-order chi connectivity index (χ1) is 11.0. The van der Waals surface area contributed by atoms with Crippen molar-refractivity contribution in [3.63, 3.8) is 0 Å². The summed E-state index contributed by atoms with van der Waals surface area (Å²) in [6, 6.07) is 0. The van der Waals surface area contributed by atoms with E-state index in [1.165, 1.54) is 36.8 Å². The average Bonchev–Trinajstić information content (AvgIpc) is 3.08. The van der Waals surface area contributed by atoms with E-state index in [1.54, 1.807) is 0 Å². The second-order valence-electron chi connectivity index (χ2n) is 8.97. The van der Waals surface area contributed by atoms with Crippen LogP contribution in [0.15, 0.2) is 11.1 Å². The molecule has 3 heteroatoms. The molecule has 1 unspecified atom stereocenters. The van der Waals surface area contributed by atoms with Crippen molar-refractivity contribution < 1.29 is 14.3 Å². The van der Waals surface area contributed by atoms with Gasteiger partial charge in [0.2, 0.25) is 0 Å². The highest BCUT2D eigenvalue weighted by molar-refractivity contribution is 5.99. The Morgan fingerprint density at radius 3 is 2.65 bits per heavy atom. The van der Waals surface area contributed by atoms with Crippen LogP contribution in [0.25, 0.3) is 0 Å². The number of ether oxygens (including phenoxy) is 2. The Balaban J connectivity index is 1.61. The van der Waals surface area contributed by atoms with Gasteiger partial charge in [0.15, 0.2) is 11.6 Å². The summed E-state index contributed by atoms with van der Waals surface area (Å²) in [6.45, 7) is 6.12. The van der Waals surface area contributed by atoms with Gasteiger partial charge in [-0.1, -0.05) is 12.5 Å². The normalized spacial score (nSPS) is 47.8. The zero-order valence-electron chi connectivity index (χ0n) is 14.5. The summed E-state index contributed by atoms with van der Waals surface area (Å²) in [7, 11) is 0. The summed E-state index contributed by atoms with van der Waals surface area (Å²) in [6.07, 6.45) is 8.89. The van der Waals surface area contributed by atoms with E-state index in [2.05, 4.69) is 13.8 Å². The number of carbonyl (C=O) groups excluding carboxylic acids is 1. The number of hydrogen-bond donors (Lipinski definition) is 0. The Kier molecular flexibility index (Phi) is 2.86. The van der Waals surface area contributed by atoms with Crippen molar-refractivity contribution in [1.82, 2.24) is 0 Å². The molecule has 1 saturated heterocycles. The van der Waals surface area contributed by atoms with Crippen molar-refractivity contribution in [1.29, 1.82) is 0 Å². The smallest absolute Gasteiger partial charge is 0.171 e. The molecule has 0 radical (unpaired) electrons. The van der Waals surface area contributed by atoms with E-state index >= 15 is 0 Å². The van der Waals surface area contributed by atoms with Crippen LogP contribution < -0.4 is 0 Å². The molecular formula is C20H28O3. The molecule has 4 fully saturated rings. The fraction of sp³-hybridized carbons (Fsp3) is 0.850. The van der Waals surface area contributed by atoms with Gasteiger partial charge in [-0.3, -0.25) is 4.79 Å². The SMILES string of the molecule is CC1=C2C(=O)C[C@H]3CC4C[C@]3(CCC43OCCO3)[C@@]2(C)CCC1. The average molecular weight is 316 g/mol. The largest absolute Gasteiger partial charge is 0.347 e. The van der Waals surface area contributed by atoms with E-state index in [0.717, 1.165) is 38.9 Å². The molecule has 3 nitrogen and oxygen atoms in total. The maximum absolute atomic E-state index is 13.0. The molecule has 4 atom stereocenters. The standard InChI is InChI=1S/C20H28O3/c1-13-4-3-5-18(2)17(13)16(21)11-14-10-15-12-19(14,18)6-7-20(15)22-8-9-23-20/h14-15H,3-12H2,1-2H3/t14-,15?,18+,19+/m1/s1. The summed E-state index contributed by atoms with van der Waals surface area (Å²) in [5, 5.41) is 0. The number of fused-ring (bicyclic) bond motifs is 3. The van der Waals surface area contributed by atoms with E-state index in [-0.39, 0.29) is 11.2 Å². The zero-order chi connectivity index (χ0) is 15.9. The van der Waals surface area contributed by atoms with Crippen LogP contribution in [0.5, 0.6) is 0 Å². The Morgan fingerprint density at radius 1 is 1.09 bits per heavy atom. The van der Waals surface area contributed by atoms with Crippen molar-refractivity contribution >= 4 is 5.78 Å². The maximum Gasteiger partial charge on any atom is 0.171 e. The van der Waals surface area contributed by atoms with E-state index in [0.29, 0.717) is 23.0 Å². The second kappa shape index (κ2) is 4.49. The van der Waals surface area contributed by atoms with Crippen LogP contribution in [0.4, 0.5) is 0 Å². The molecule has 3 saturated carbocycles. The summed E-state index contributed by atoms with van der Waals surface area (Å²) in [5.41, 5.74) is 3.03. The van der Waals surface area contributed by atoms with Crippen LogP contribution in [-0.2, 0) is 14.3 Å². The zero-order valence-corrected chi connectivity index (χ0v) is 14.5. The summed E-state index contributed by atoms with van der Waals surface area (Å²) < 4.78 is 12.2. The summed E-state index contributed by atoms with van der Waals surface area (Å²) >= 11 is 0. The van der Waals surface area contributed by atoms with Gasteiger partial charge in [0.05, 0.1) is 13.2 Å². The van der Waals surface area contributed by atoms with Crippen molar-refractivity contribution in [3.05, 3.63) is 11.1 Å². The number of ketones is 1. The van der Waals surface area contributed by atoms with Crippen LogP contribution in [0.2, 0.25) is 0 Å². The van der Waals surface area contributed by atoms with Crippen LogP contribution in [0.1, 0.15) is 65.2 Å². The monoisotopic (exact) mass is 316 g/mol. The van der Waals surface area contributed by atoms with E-state index < -0.39 is 0 Å². The molecule has 0 amide bonds. The second-order valence-corrected chi connectivity index (χ2v) is 8.97. The fourth-order valence-electron chi connectivity index (χ4n) is 7.38. The van der Waals surface area contributed by atoms with Crippen molar-refractivity contribution in [3.8, 4) is 0 Å². The van der Waals surface area contributed by atoms with Gasteiger partial charge in [0.25, 0.3) is 0 Å². The first-order valence-corrected chi connectivity index (χ1v) is 9.52. The molecule has 1 heterocycles. The molecule has 0 N–H and O–H groups in total. The molecule has 5 rings (SSSR count). The molecule has 2 bridgehead atoms. The third-order valence-corrected chi connectivity index (χ3v) is 8.30. The molecular weight excluding hydrogens is 288 g/mol. The van der Waals surface area contributed by atoms with Gasteiger partial charge in [-0.05, 0) is 56.8 Å². The molecule has 2 spiro atoms. The highest BCUT2D eigenvalue weighted by Crippen LogP contribution is 2.73. The summed E-state index contributed by atoms with van der Waals surface area (Å²) in [4.78, 5) is 13.0. The van der Waals surface area contributed by atoms with Crippen molar-refractivity contribution in [2.45, 2.75) is 71.0 Å². The highest BCUT2D eigenvalue weighted by atomic mass is 16.7. The van der Waals surface area contributed by atoms with Crippen molar-refractivity contribution in [2.24, 2.45) is 22.7 Å². The van der Waals surface area contributed by atoms with Gasteiger partial charge in [0, 0.05) is 29.7 Å². The van der Waals surface area contributed by atoms with Gasteiger partial charge in [-0.25, -0.2) is 0 Å². The minimum absolute atomic E-state index is 0.101. The lowest BCUT2D eigenvalue weighted by atomic mass is 9.45. The molecule has 0 aromatic heterocycles. The van der Waals surface area contributed by atoms with Gasteiger partial charge >= 0.3 is 0 Å². The van der Waals surface area contributed by atoms with Gasteiger partial charge in [-0.15, -0.1) is 0 Å². The van der Waals surface area contributed by atoms with Gasteiger partial charge in [0.1, 0.15) is 0 Å². The van der Waals surface area contributed by atoms with E-state index in [9.17, 15) is 4.79 Å². The number of carbonyl (C=O) groups is 1. The minimum atomic E-state index is -0.310. The third-order valence-electron chi connectivity index (χ3n) is 8.30. The molecule has 0 aromatic carbocycles. The fourth-order valence-corrected chi connectivity index (χ4v) is 7.38. The van der Waals surface area contributed by atoms with Gasteiger partial charge < -0.3 is 9.47 Å². The number of hydrogen-bond acceptors (Lipinski definition) is 3. The predicted octanol–water partition coefficient (Wildman–Crippen LogP) is 4.02. The van der Waals surface area contributed by atoms with E-state index in [1.807, 2.05) is 0 Å². The van der Waals surface area contributed by atoms with E-state index in [4.69, 9.17) is 9.47 Å². The first kappa shape index (κ1) is 14.7. The molecule has 0 aromatic rings. The van der Waals surface area contributed by atoms with Crippen LogP contribution >= 0.6 is 0 Å². The van der Waals surface area contributed by atoms with Crippen LogP contribution in [0.3, 0.4) is 0 Å². The maximum atomic E-state index is 13.0. The minimum Gasteiger partial charge on any atom is -0.347 e. The number of rotatable bonds is 0. The third kappa shape index (κ3) is 1.61. The van der Waals surface area contributed by atoms with Crippen LogP contribution in [0, 0.1) is 22.7 Å². The number of Topliss-reactive ketones (excluding diaryl/α,β-unsaturated/α-hetero) is 1. The Bertz CT molecular complexity index is 600. The first-order valence-electron chi connectivity index (χ1n) is 9.52. The topological polar surface area (TPSA) is 35.5 Å². The quantitative estimate of drug-likeness (QED) is 0.677. The molecule has 23 heavy (non-hydrogen) atoms.